The molecule has 0 heterocycles. The third-order valence-electron chi connectivity index (χ3n) is 3.21. The van der Waals surface area contributed by atoms with Gasteiger partial charge in [0.15, 0.2) is 11.5 Å². The zero-order chi connectivity index (χ0) is 18.6. The normalized spacial score (nSPS) is 11.9. The maximum Gasteiger partial charge on any atom is 0.340 e. The first-order valence-corrected chi connectivity index (χ1v) is 8.82. The first-order valence-electron chi connectivity index (χ1n) is 7.03. The van der Waals surface area contributed by atoms with E-state index >= 15 is 0 Å². The fourth-order valence-corrected chi connectivity index (χ4v) is 3.40. The van der Waals surface area contributed by atoms with Gasteiger partial charge in [0.2, 0.25) is 0 Å². The Morgan fingerprint density at radius 3 is 2.44 bits per heavy atom. The van der Waals surface area contributed by atoms with Gasteiger partial charge in [0.25, 0.3) is 0 Å². The number of hydrogen-bond donors (Lipinski definition) is 1. The van der Waals surface area contributed by atoms with Crippen molar-refractivity contribution in [3.63, 3.8) is 0 Å². The van der Waals surface area contributed by atoms with Gasteiger partial charge in [0.05, 0.1) is 12.1 Å². The number of aliphatic carboxylic acids is 1. The number of carboxylic acid groups (broad SMARTS) is 1. The molecule has 0 fully saturated rings. The fourth-order valence-electron chi connectivity index (χ4n) is 1.97. The monoisotopic (exact) mass is 382 g/mol. The van der Waals surface area contributed by atoms with Crippen LogP contribution in [0.4, 0.5) is 0 Å². The molecule has 1 N–H and O–H groups in total. The predicted molar refractivity (Wildman–Crippen MR) is 93.5 cm³/mol. The summed E-state index contributed by atoms with van der Waals surface area (Å²) in [5.74, 6) is -0.948. The van der Waals surface area contributed by atoms with E-state index in [0.29, 0.717) is 5.56 Å². The second kappa shape index (κ2) is 7.58. The van der Waals surface area contributed by atoms with Crippen molar-refractivity contribution < 1.29 is 27.2 Å². The van der Waals surface area contributed by atoms with Crippen molar-refractivity contribution in [2.45, 2.75) is 11.8 Å². The van der Waals surface area contributed by atoms with Gasteiger partial charge in [0, 0.05) is 5.57 Å². The van der Waals surface area contributed by atoms with Crippen LogP contribution in [0.5, 0.6) is 11.5 Å². The molecular formula is C17H15ClO6S. The van der Waals surface area contributed by atoms with Crippen LogP contribution in [0.2, 0.25) is 5.02 Å². The third-order valence-corrected chi connectivity index (χ3v) is 4.95. The lowest BCUT2D eigenvalue weighted by Crippen LogP contribution is -2.11. The Bertz CT molecular complexity index is 934. The third kappa shape index (κ3) is 4.52. The number of ether oxygens (including phenoxy) is 1. The van der Waals surface area contributed by atoms with E-state index in [0.717, 1.165) is 0 Å². The van der Waals surface area contributed by atoms with E-state index in [2.05, 4.69) is 0 Å². The van der Waals surface area contributed by atoms with Crippen LogP contribution < -0.4 is 8.92 Å². The molecule has 2 aromatic rings. The Morgan fingerprint density at radius 1 is 1.16 bits per heavy atom. The smallest absolute Gasteiger partial charge is 0.340 e. The lowest BCUT2D eigenvalue weighted by Gasteiger charge is -2.12. The van der Waals surface area contributed by atoms with Crippen LogP contribution >= 0.6 is 11.6 Å². The molecule has 0 aliphatic rings. The summed E-state index contributed by atoms with van der Waals surface area (Å²) < 4.78 is 35.0. The minimum Gasteiger partial charge on any atom is -0.493 e. The number of rotatable bonds is 6. The van der Waals surface area contributed by atoms with Crippen LogP contribution in [0.1, 0.15) is 12.5 Å². The van der Waals surface area contributed by atoms with Crippen molar-refractivity contribution in [1.29, 1.82) is 0 Å². The number of benzene rings is 2. The van der Waals surface area contributed by atoms with Gasteiger partial charge in [0.1, 0.15) is 4.90 Å². The molecule has 25 heavy (non-hydrogen) atoms. The number of methoxy groups -OCH3 is 1. The maximum absolute atomic E-state index is 12.4. The van der Waals surface area contributed by atoms with Crippen molar-refractivity contribution in [3.8, 4) is 11.5 Å². The summed E-state index contributed by atoms with van der Waals surface area (Å²) in [5.41, 5.74) is 0.652. The zero-order valence-corrected chi connectivity index (χ0v) is 15.0. The van der Waals surface area contributed by atoms with Gasteiger partial charge in [-0.25, -0.2) is 4.79 Å². The topological polar surface area (TPSA) is 89.9 Å². The van der Waals surface area contributed by atoms with Gasteiger partial charge < -0.3 is 14.0 Å². The molecule has 0 aliphatic heterocycles. The average Bonchev–Trinajstić information content (AvgIpc) is 2.56. The van der Waals surface area contributed by atoms with E-state index in [9.17, 15) is 13.2 Å². The SMILES string of the molecule is COc1cc(C=C(C)C(=O)O)ccc1OS(=O)(=O)c1ccccc1Cl. The van der Waals surface area contributed by atoms with Crippen LogP contribution in [-0.4, -0.2) is 26.6 Å². The Hall–Kier alpha value is -2.51. The second-order valence-corrected chi connectivity index (χ2v) is 6.93. The van der Waals surface area contributed by atoms with Crippen molar-refractivity contribution >= 4 is 33.8 Å². The van der Waals surface area contributed by atoms with E-state index in [1.54, 1.807) is 6.07 Å². The molecule has 0 aromatic heterocycles. The molecule has 2 aromatic carbocycles. The average molecular weight is 383 g/mol. The maximum atomic E-state index is 12.4. The first kappa shape index (κ1) is 18.8. The minimum atomic E-state index is -4.15. The summed E-state index contributed by atoms with van der Waals surface area (Å²) in [7, 11) is -2.80. The van der Waals surface area contributed by atoms with Crippen LogP contribution in [0.3, 0.4) is 0 Å². The molecule has 6 nitrogen and oxygen atoms in total. The highest BCUT2D eigenvalue weighted by Gasteiger charge is 2.22. The molecule has 0 bridgehead atoms. The summed E-state index contributed by atoms with van der Waals surface area (Å²) in [6, 6.07) is 10.3. The first-order chi connectivity index (χ1) is 11.7. The Labute approximate surface area is 150 Å². The van der Waals surface area contributed by atoms with Gasteiger partial charge in [-0.1, -0.05) is 29.8 Å². The van der Waals surface area contributed by atoms with Crippen molar-refractivity contribution in [1.82, 2.24) is 0 Å². The Morgan fingerprint density at radius 2 is 1.84 bits per heavy atom. The molecule has 2 rings (SSSR count). The van der Waals surface area contributed by atoms with Crippen LogP contribution in [-0.2, 0) is 14.9 Å². The lowest BCUT2D eigenvalue weighted by molar-refractivity contribution is -0.132. The van der Waals surface area contributed by atoms with Gasteiger partial charge in [-0.3, -0.25) is 0 Å². The van der Waals surface area contributed by atoms with Gasteiger partial charge in [-0.15, -0.1) is 0 Å². The fraction of sp³-hybridized carbons (Fsp3) is 0.118. The van der Waals surface area contributed by atoms with Crippen molar-refractivity contribution in [2.24, 2.45) is 0 Å². The standard InChI is InChI=1S/C17H15ClO6S/c1-11(17(19)20)9-12-7-8-14(15(10-12)23-2)24-25(21,22)16-6-4-3-5-13(16)18/h3-10H,1-2H3,(H,19,20). The molecule has 0 saturated carbocycles. The van der Waals surface area contributed by atoms with Gasteiger partial charge in [-0.05, 0) is 42.8 Å². The van der Waals surface area contributed by atoms with E-state index < -0.39 is 16.1 Å². The number of halogens is 1. The molecule has 0 radical (unpaired) electrons. The number of carboxylic acids is 1. The van der Waals surface area contributed by atoms with Gasteiger partial charge >= 0.3 is 16.1 Å². The second-order valence-electron chi connectivity index (χ2n) is 5.01. The molecule has 8 heteroatoms. The van der Waals surface area contributed by atoms with Crippen LogP contribution in [0.25, 0.3) is 6.08 Å². The largest absolute Gasteiger partial charge is 0.493 e. The Kier molecular flexibility index (Phi) is 5.71. The molecule has 0 amide bonds. The molecular weight excluding hydrogens is 368 g/mol. The van der Waals surface area contributed by atoms with E-state index in [-0.39, 0.29) is 27.0 Å². The molecule has 132 valence electrons. The summed E-state index contributed by atoms with van der Waals surface area (Å²) in [5, 5.41) is 8.95. The molecule has 0 atom stereocenters. The quantitative estimate of drug-likeness (QED) is 0.606. The zero-order valence-electron chi connectivity index (χ0n) is 13.4. The van der Waals surface area contributed by atoms with Gasteiger partial charge in [-0.2, -0.15) is 8.42 Å². The predicted octanol–water partition coefficient (Wildman–Crippen LogP) is 3.60. The van der Waals surface area contributed by atoms with Crippen molar-refractivity contribution in [3.05, 3.63) is 58.6 Å². The van der Waals surface area contributed by atoms with Crippen molar-refractivity contribution in [2.75, 3.05) is 7.11 Å². The number of carbonyl (C=O) groups is 1. The molecule has 0 spiro atoms. The van der Waals surface area contributed by atoms with E-state index in [4.69, 9.17) is 25.6 Å². The van der Waals surface area contributed by atoms with E-state index in [1.165, 1.54) is 56.5 Å². The number of hydrogen-bond acceptors (Lipinski definition) is 5. The lowest BCUT2D eigenvalue weighted by atomic mass is 10.1. The summed E-state index contributed by atoms with van der Waals surface area (Å²) >= 11 is 5.91. The highest BCUT2D eigenvalue weighted by atomic mass is 35.5. The molecule has 0 aliphatic carbocycles. The summed E-state index contributed by atoms with van der Waals surface area (Å²) in [4.78, 5) is 10.7. The highest BCUT2D eigenvalue weighted by molar-refractivity contribution is 7.87. The van der Waals surface area contributed by atoms with Crippen LogP contribution in [0.15, 0.2) is 52.9 Å². The van der Waals surface area contributed by atoms with E-state index in [1.807, 2.05) is 0 Å². The Balaban J connectivity index is 2.39. The van der Waals surface area contributed by atoms with Crippen LogP contribution in [0, 0.1) is 0 Å². The summed E-state index contributed by atoms with van der Waals surface area (Å²) in [6.07, 6.45) is 1.43. The summed E-state index contributed by atoms with van der Waals surface area (Å²) in [6.45, 7) is 1.45. The highest BCUT2D eigenvalue weighted by Crippen LogP contribution is 2.32. The molecule has 0 saturated heterocycles. The molecule has 0 unspecified atom stereocenters. The minimum absolute atomic E-state index is 0.0347.